The van der Waals surface area contributed by atoms with Gasteiger partial charge in [0.25, 0.3) is 0 Å². The van der Waals surface area contributed by atoms with Gasteiger partial charge in [0.1, 0.15) is 12.4 Å². The van der Waals surface area contributed by atoms with Gasteiger partial charge in [0.2, 0.25) is 11.8 Å². The van der Waals surface area contributed by atoms with Gasteiger partial charge in [-0.15, -0.1) is 5.10 Å². The topological polar surface area (TPSA) is 139 Å². The van der Waals surface area contributed by atoms with E-state index in [9.17, 15) is 14.4 Å². The molecule has 1 atom stereocenters. The summed E-state index contributed by atoms with van der Waals surface area (Å²) in [6.07, 6.45) is 5.20. The first-order valence-electron chi connectivity index (χ1n) is 11.6. The Labute approximate surface area is 222 Å². The number of rotatable bonds is 10. The van der Waals surface area contributed by atoms with E-state index in [4.69, 9.17) is 16.7 Å². The fourth-order valence-electron chi connectivity index (χ4n) is 3.67. The molecule has 0 saturated heterocycles. The maximum absolute atomic E-state index is 13.1. The van der Waals surface area contributed by atoms with Crippen molar-refractivity contribution in [3.8, 4) is 5.69 Å². The molecule has 192 valence electrons. The first-order chi connectivity index (χ1) is 18.4. The zero-order chi connectivity index (χ0) is 26.9. The highest BCUT2D eigenvalue weighted by Gasteiger charge is 2.20. The summed E-state index contributed by atoms with van der Waals surface area (Å²) in [6, 6.07) is 19.6. The minimum atomic E-state index is -1.06. The molecule has 0 spiro atoms. The van der Waals surface area contributed by atoms with E-state index in [1.165, 1.54) is 41.4 Å². The number of carbonyl (C=O) groups excluding carboxylic acids is 2. The van der Waals surface area contributed by atoms with Gasteiger partial charge in [-0.05, 0) is 77.4 Å². The normalized spacial score (nSPS) is 11.7. The minimum Gasteiger partial charge on any atom is -0.478 e. The first kappa shape index (κ1) is 26.2. The van der Waals surface area contributed by atoms with Gasteiger partial charge < -0.3 is 15.7 Å². The van der Waals surface area contributed by atoms with E-state index in [1.54, 1.807) is 24.3 Å². The van der Waals surface area contributed by atoms with Crippen molar-refractivity contribution >= 4 is 41.1 Å². The molecule has 0 radical (unpaired) electrons. The average Bonchev–Trinajstić information content (AvgIpc) is 3.45. The molecular weight excluding hydrogens is 508 g/mol. The molecular formula is C27H23ClN6O4. The molecule has 0 fully saturated rings. The number of carboxylic acids is 1. The Bertz CT molecular complexity index is 1440. The minimum absolute atomic E-state index is 0.101. The number of anilines is 1. The van der Waals surface area contributed by atoms with Crippen molar-refractivity contribution in [1.82, 2.24) is 25.5 Å². The number of carbonyl (C=O) groups is 3. The fraction of sp³-hybridized carbons (Fsp3) is 0.111. The van der Waals surface area contributed by atoms with Crippen LogP contribution in [0.5, 0.6) is 0 Å². The van der Waals surface area contributed by atoms with Crippen LogP contribution < -0.4 is 10.6 Å². The van der Waals surface area contributed by atoms with Gasteiger partial charge in [-0.25, -0.2) is 4.79 Å². The smallest absolute Gasteiger partial charge is 0.335 e. The Kier molecular flexibility index (Phi) is 8.57. The molecule has 38 heavy (non-hydrogen) atoms. The number of aromatic nitrogens is 4. The Balaban J connectivity index is 1.49. The monoisotopic (exact) mass is 530 g/mol. The van der Waals surface area contributed by atoms with Crippen LogP contribution in [0.15, 0.2) is 85.2 Å². The maximum atomic E-state index is 13.1. The van der Waals surface area contributed by atoms with Gasteiger partial charge in [-0.3, -0.25) is 9.59 Å². The average molecular weight is 531 g/mol. The third kappa shape index (κ3) is 7.11. The van der Waals surface area contributed by atoms with Crippen molar-refractivity contribution in [3.05, 3.63) is 107 Å². The molecule has 0 saturated carbocycles. The van der Waals surface area contributed by atoms with Crippen molar-refractivity contribution in [2.45, 2.75) is 18.9 Å². The van der Waals surface area contributed by atoms with E-state index in [-0.39, 0.29) is 5.56 Å². The van der Waals surface area contributed by atoms with Crippen LogP contribution in [-0.2, 0) is 16.0 Å². The maximum Gasteiger partial charge on any atom is 0.335 e. The molecule has 0 bridgehead atoms. The Morgan fingerprint density at radius 1 is 1.03 bits per heavy atom. The van der Waals surface area contributed by atoms with Crippen LogP contribution in [0.4, 0.5) is 5.69 Å². The molecule has 0 unspecified atom stereocenters. The van der Waals surface area contributed by atoms with Gasteiger partial charge >= 0.3 is 5.97 Å². The number of benzene rings is 3. The molecule has 4 rings (SSSR count). The molecule has 0 aliphatic carbocycles. The van der Waals surface area contributed by atoms with E-state index >= 15 is 0 Å². The van der Waals surface area contributed by atoms with Crippen LogP contribution in [0, 0.1) is 0 Å². The molecule has 3 N–H and O–H groups in total. The van der Waals surface area contributed by atoms with Crippen LogP contribution >= 0.6 is 11.6 Å². The molecule has 3 aromatic carbocycles. The second kappa shape index (κ2) is 12.4. The zero-order valence-electron chi connectivity index (χ0n) is 20.0. The summed E-state index contributed by atoms with van der Waals surface area (Å²) in [6.45, 7) is 0. The number of nitrogens with one attached hydrogen (secondary N) is 2. The quantitative estimate of drug-likeness (QED) is 0.265. The van der Waals surface area contributed by atoms with E-state index in [2.05, 4.69) is 26.2 Å². The standard InChI is InChI=1S/C27H23ClN6O4/c28-21-10-14-24(34-17-29-32-33-34)20(16-21)9-15-25(35)31-23(13-6-18-4-2-1-3-5-18)26(36)30-22-11-7-19(8-12-22)27(37)38/h1-5,7-12,14-17,23H,6,13H2,(H,30,36)(H,31,35)(H,37,38)/b15-9+/t23-/m0/s1. The molecule has 10 nitrogen and oxygen atoms in total. The largest absolute Gasteiger partial charge is 0.478 e. The van der Waals surface area contributed by atoms with Gasteiger partial charge in [-0.1, -0.05) is 41.9 Å². The lowest BCUT2D eigenvalue weighted by Gasteiger charge is -2.18. The predicted octanol–water partition coefficient (Wildman–Crippen LogP) is 3.78. The van der Waals surface area contributed by atoms with Crippen LogP contribution in [-0.4, -0.2) is 49.1 Å². The lowest BCUT2D eigenvalue weighted by molar-refractivity contribution is -0.123. The first-order valence-corrected chi connectivity index (χ1v) is 12.0. The number of aromatic carboxylic acids is 1. The summed E-state index contributed by atoms with van der Waals surface area (Å²) in [7, 11) is 0. The SMILES string of the molecule is O=C(/C=C/c1cc(Cl)ccc1-n1cnnn1)N[C@@H](CCc1ccccc1)C(=O)Nc1ccc(C(=O)O)cc1. The number of halogens is 1. The molecule has 1 aromatic heterocycles. The number of tetrazole rings is 1. The second-order valence-corrected chi connectivity index (χ2v) is 8.68. The summed E-state index contributed by atoms with van der Waals surface area (Å²) in [5.41, 5.74) is 2.75. The Morgan fingerprint density at radius 2 is 1.79 bits per heavy atom. The van der Waals surface area contributed by atoms with Crippen LogP contribution in [0.25, 0.3) is 11.8 Å². The number of nitrogens with zero attached hydrogens (tertiary/aromatic N) is 4. The molecule has 11 heteroatoms. The number of aryl methyl sites for hydroxylation is 1. The summed E-state index contributed by atoms with van der Waals surface area (Å²) in [5.74, 6) is -1.98. The number of amides is 2. The fourth-order valence-corrected chi connectivity index (χ4v) is 3.86. The number of hydrogen-bond acceptors (Lipinski definition) is 6. The summed E-state index contributed by atoms with van der Waals surface area (Å²) in [4.78, 5) is 37.1. The third-order valence-electron chi connectivity index (χ3n) is 5.60. The molecule has 0 aliphatic rings. The predicted molar refractivity (Wildman–Crippen MR) is 142 cm³/mol. The lowest BCUT2D eigenvalue weighted by atomic mass is 10.0. The number of hydrogen-bond donors (Lipinski definition) is 3. The summed E-state index contributed by atoms with van der Waals surface area (Å²) < 4.78 is 1.44. The van der Waals surface area contributed by atoms with Crippen molar-refractivity contribution in [2.75, 3.05) is 5.32 Å². The Hall–Kier alpha value is -4.83. The summed E-state index contributed by atoms with van der Waals surface area (Å²) in [5, 5.41) is 26.2. The Morgan fingerprint density at radius 3 is 2.47 bits per heavy atom. The third-order valence-corrected chi connectivity index (χ3v) is 5.83. The van der Waals surface area contributed by atoms with E-state index < -0.39 is 23.8 Å². The van der Waals surface area contributed by atoms with Gasteiger partial charge in [0.15, 0.2) is 0 Å². The van der Waals surface area contributed by atoms with Gasteiger partial charge in [0.05, 0.1) is 11.3 Å². The molecule has 0 aliphatic heterocycles. The van der Waals surface area contributed by atoms with Crippen molar-refractivity contribution in [1.29, 1.82) is 0 Å². The highest BCUT2D eigenvalue weighted by Crippen LogP contribution is 2.20. The van der Waals surface area contributed by atoms with Gasteiger partial charge in [-0.2, -0.15) is 4.68 Å². The van der Waals surface area contributed by atoms with Crippen molar-refractivity contribution < 1.29 is 19.5 Å². The molecule has 1 heterocycles. The molecule has 4 aromatic rings. The molecule has 2 amide bonds. The second-order valence-electron chi connectivity index (χ2n) is 8.25. The van der Waals surface area contributed by atoms with Gasteiger partial charge in [0, 0.05) is 22.3 Å². The van der Waals surface area contributed by atoms with E-state index in [0.717, 1.165) is 5.56 Å². The van der Waals surface area contributed by atoms with Crippen molar-refractivity contribution in [2.24, 2.45) is 0 Å². The van der Waals surface area contributed by atoms with Crippen LogP contribution in [0.3, 0.4) is 0 Å². The number of carboxylic acid groups (broad SMARTS) is 1. The highest BCUT2D eigenvalue weighted by atomic mass is 35.5. The van der Waals surface area contributed by atoms with Crippen molar-refractivity contribution in [3.63, 3.8) is 0 Å². The van der Waals surface area contributed by atoms with Crippen LogP contribution in [0.2, 0.25) is 5.02 Å². The van der Waals surface area contributed by atoms with Crippen LogP contribution in [0.1, 0.15) is 27.9 Å². The van der Waals surface area contributed by atoms with E-state index in [1.807, 2.05) is 30.3 Å². The summed E-state index contributed by atoms with van der Waals surface area (Å²) >= 11 is 6.14. The zero-order valence-corrected chi connectivity index (χ0v) is 20.7. The lowest BCUT2D eigenvalue weighted by Crippen LogP contribution is -2.43. The van der Waals surface area contributed by atoms with E-state index in [0.29, 0.717) is 34.8 Å². The highest BCUT2D eigenvalue weighted by molar-refractivity contribution is 6.30.